The monoisotopic (exact) mass is 415 g/mol. The van der Waals surface area contributed by atoms with Gasteiger partial charge in [0.1, 0.15) is 17.2 Å². The second-order valence-electron chi connectivity index (χ2n) is 6.40. The summed E-state index contributed by atoms with van der Waals surface area (Å²) in [5.74, 6) is 0.497. The average Bonchev–Trinajstić information content (AvgIpc) is 3.47. The summed E-state index contributed by atoms with van der Waals surface area (Å²) >= 11 is 0. The molecule has 0 fully saturated rings. The zero-order valence-corrected chi connectivity index (χ0v) is 16.2. The van der Waals surface area contributed by atoms with Gasteiger partial charge in [0, 0.05) is 35.8 Å². The van der Waals surface area contributed by atoms with Gasteiger partial charge in [-0.05, 0) is 30.3 Å². The number of benzene rings is 1. The van der Waals surface area contributed by atoms with Crippen LogP contribution in [0.3, 0.4) is 0 Å². The third-order valence-corrected chi connectivity index (χ3v) is 4.54. The topological polar surface area (TPSA) is 105 Å². The van der Waals surface area contributed by atoms with Crippen LogP contribution < -0.4 is 4.74 Å². The van der Waals surface area contributed by atoms with E-state index < -0.39 is 5.82 Å². The Hall–Kier alpha value is -4.47. The predicted octanol–water partition coefficient (Wildman–Crippen LogP) is 3.59. The van der Waals surface area contributed by atoms with Crippen LogP contribution in [-0.2, 0) is 0 Å². The van der Waals surface area contributed by atoms with Crippen molar-refractivity contribution in [2.24, 2.45) is 0 Å². The van der Waals surface area contributed by atoms with Crippen molar-refractivity contribution in [3.63, 3.8) is 0 Å². The van der Waals surface area contributed by atoms with E-state index in [2.05, 4.69) is 30.4 Å². The smallest absolute Gasteiger partial charge is 0.281 e. The molecular formula is C21H14FN7O2. The molecule has 0 aliphatic rings. The highest BCUT2D eigenvalue weighted by Crippen LogP contribution is 2.32. The third kappa shape index (κ3) is 3.39. The summed E-state index contributed by atoms with van der Waals surface area (Å²) in [5, 5.41) is 12.4. The number of hydrogen-bond acceptors (Lipinski definition) is 8. The maximum Gasteiger partial charge on any atom is 0.281 e. The van der Waals surface area contributed by atoms with Crippen LogP contribution in [-0.4, -0.2) is 42.2 Å². The fourth-order valence-corrected chi connectivity index (χ4v) is 3.06. The van der Waals surface area contributed by atoms with Crippen LogP contribution in [0.25, 0.3) is 39.9 Å². The summed E-state index contributed by atoms with van der Waals surface area (Å²) in [6.45, 7) is 0. The van der Waals surface area contributed by atoms with Crippen molar-refractivity contribution in [1.82, 2.24) is 35.1 Å². The summed E-state index contributed by atoms with van der Waals surface area (Å²) in [5.41, 5.74) is 2.41. The summed E-state index contributed by atoms with van der Waals surface area (Å²) in [7, 11) is 1.54. The van der Waals surface area contributed by atoms with E-state index in [1.165, 1.54) is 17.9 Å². The molecule has 0 spiro atoms. The fraction of sp³-hybridized carbons (Fsp3) is 0.0476. The Morgan fingerprint density at radius 3 is 2.58 bits per heavy atom. The van der Waals surface area contributed by atoms with Crippen molar-refractivity contribution >= 4 is 0 Å². The van der Waals surface area contributed by atoms with E-state index in [1.807, 2.05) is 0 Å². The molecule has 0 saturated heterocycles. The van der Waals surface area contributed by atoms with Crippen LogP contribution in [0.2, 0.25) is 0 Å². The van der Waals surface area contributed by atoms with Gasteiger partial charge >= 0.3 is 0 Å². The second-order valence-corrected chi connectivity index (χ2v) is 6.40. The van der Waals surface area contributed by atoms with Crippen LogP contribution in [0.1, 0.15) is 0 Å². The van der Waals surface area contributed by atoms with Crippen molar-refractivity contribution < 1.29 is 13.7 Å². The number of nitrogens with zero attached hydrogens (tertiary/aromatic N) is 7. The van der Waals surface area contributed by atoms with Crippen molar-refractivity contribution in [2.75, 3.05) is 7.11 Å². The molecule has 1 aromatic carbocycles. The molecule has 31 heavy (non-hydrogen) atoms. The van der Waals surface area contributed by atoms with Gasteiger partial charge < -0.3 is 9.26 Å². The van der Waals surface area contributed by atoms with Crippen molar-refractivity contribution in [2.45, 2.75) is 0 Å². The number of halogens is 1. The first-order valence-corrected chi connectivity index (χ1v) is 9.20. The van der Waals surface area contributed by atoms with Crippen LogP contribution in [0.5, 0.6) is 5.88 Å². The van der Waals surface area contributed by atoms with Gasteiger partial charge in [-0.2, -0.15) is 4.98 Å². The van der Waals surface area contributed by atoms with E-state index in [0.717, 1.165) is 0 Å². The molecule has 0 unspecified atom stereocenters. The van der Waals surface area contributed by atoms with Gasteiger partial charge in [0.25, 0.3) is 5.89 Å². The van der Waals surface area contributed by atoms with Gasteiger partial charge in [-0.3, -0.25) is 4.98 Å². The average molecular weight is 415 g/mol. The highest BCUT2D eigenvalue weighted by Gasteiger charge is 2.24. The fourth-order valence-electron chi connectivity index (χ4n) is 3.06. The van der Waals surface area contributed by atoms with Gasteiger partial charge in [0.05, 0.1) is 7.11 Å². The van der Waals surface area contributed by atoms with Crippen LogP contribution in [0.4, 0.5) is 4.39 Å². The summed E-state index contributed by atoms with van der Waals surface area (Å²) in [6, 6.07) is 13.3. The normalized spacial score (nSPS) is 10.9. The molecule has 0 saturated carbocycles. The molecule has 10 heteroatoms. The molecule has 9 nitrogen and oxygen atoms in total. The maximum atomic E-state index is 14.5. The van der Waals surface area contributed by atoms with Gasteiger partial charge in [0.2, 0.25) is 11.7 Å². The van der Waals surface area contributed by atoms with Crippen molar-refractivity contribution in [3.05, 3.63) is 72.9 Å². The summed E-state index contributed by atoms with van der Waals surface area (Å²) in [6.07, 6.45) is 4.83. The van der Waals surface area contributed by atoms with Crippen LogP contribution in [0.15, 0.2) is 71.6 Å². The molecule has 4 heterocycles. The highest BCUT2D eigenvalue weighted by atomic mass is 19.1. The Kier molecular flexibility index (Phi) is 4.64. The first-order chi connectivity index (χ1) is 15.2. The van der Waals surface area contributed by atoms with E-state index >= 15 is 0 Å². The molecule has 0 radical (unpaired) electrons. The number of aromatic nitrogens is 7. The molecule has 4 aromatic heterocycles. The molecule has 0 aliphatic carbocycles. The van der Waals surface area contributed by atoms with Gasteiger partial charge in [-0.1, -0.05) is 22.5 Å². The third-order valence-electron chi connectivity index (χ3n) is 4.54. The standard InChI is InChI=1S/C21H14FN7O2/c1-30-17-7-6-14(12-24-17)20-25-21(31-27-20)18-19(13-8-10-23-11-9-13)29(28-26-18)16-5-3-2-4-15(16)22/h2-12H,1H3. The van der Waals surface area contributed by atoms with Crippen molar-refractivity contribution in [1.29, 1.82) is 0 Å². The first-order valence-electron chi connectivity index (χ1n) is 9.20. The van der Waals surface area contributed by atoms with E-state index in [4.69, 9.17) is 9.26 Å². The van der Waals surface area contributed by atoms with E-state index in [0.29, 0.717) is 34.2 Å². The zero-order chi connectivity index (χ0) is 21.2. The molecule has 0 aliphatic heterocycles. The van der Waals surface area contributed by atoms with Gasteiger partial charge in [-0.25, -0.2) is 14.1 Å². The lowest BCUT2D eigenvalue weighted by Gasteiger charge is -2.08. The largest absolute Gasteiger partial charge is 0.481 e. The Labute approximate surface area is 175 Å². The molecule has 0 amide bonds. The lowest BCUT2D eigenvalue weighted by molar-refractivity contribution is 0.398. The molecule has 0 atom stereocenters. The molecule has 5 rings (SSSR count). The van der Waals surface area contributed by atoms with Crippen LogP contribution in [0, 0.1) is 5.82 Å². The SMILES string of the molecule is COc1ccc(-c2noc(-c3nnn(-c4ccccc4F)c3-c3ccncc3)n2)cn1. The minimum Gasteiger partial charge on any atom is -0.481 e. The van der Waals surface area contributed by atoms with Crippen molar-refractivity contribution in [3.8, 4) is 45.8 Å². The van der Waals surface area contributed by atoms with E-state index in [9.17, 15) is 4.39 Å². The minimum absolute atomic E-state index is 0.139. The second kappa shape index (κ2) is 7.75. The number of methoxy groups -OCH3 is 1. The molecule has 0 N–H and O–H groups in total. The Morgan fingerprint density at radius 2 is 1.84 bits per heavy atom. The lowest BCUT2D eigenvalue weighted by Crippen LogP contribution is -2.02. The molecule has 152 valence electrons. The number of pyridine rings is 2. The summed E-state index contributed by atoms with van der Waals surface area (Å²) < 4.78 is 26.4. The number of hydrogen-bond donors (Lipinski definition) is 0. The minimum atomic E-state index is -0.440. The Bertz CT molecular complexity index is 1330. The quantitative estimate of drug-likeness (QED) is 0.429. The van der Waals surface area contributed by atoms with E-state index in [-0.39, 0.29) is 11.6 Å². The molecule has 5 aromatic rings. The van der Waals surface area contributed by atoms with Gasteiger partial charge in [0.15, 0.2) is 5.69 Å². The molecule has 0 bridgehead atoms. The summed E-state index contributed by atoms with van der Waals surface area (Å²) in [4.78, 5) is 12.6. The number of para-hydroxylation sites is 1. The number of ether oxygens (including phenoxy) is 1. The Balaban J connectivity index is 1.63. The lowest BCUT2D eigenvalue weighted by atomic mass is 10.1. The van der Waals surface area contributed by atoms with Crippen LogP contribution >= 0.6 is 0 Å². The van der Waals surface area contributed by atoms with E-state index in [1.54, 1.807) is 61.1 Å². The first kappa shape index (κ1) is 18.6. The maximum absolute atomic E-state index is 14.5. The Morgan fingerprint density at radius 1 is 1.00 bits per heavy atom. The number of rotatable bonds is 5. The molecular weight excluding hydrogens is 401 g/mol. The van der Waals surface area contributed by atoms with Gasteiger partial charge in [-0.15, -0.1) is 5.10 Å². The zero-order valence-electron chi connectivity index (χ0n) is 16.2. The predicted molar refractivity (Wildman–Crippen MR) is 108 cm³/mol. The highest BCUT2D eigenvalue weighted by molar-refractivity contribution is 5.76.